The van der Waals surface area contributed by atoms with Gasteiger partial charge in [0.05, 0.1) is 25.1 Å². The number of likely N-dealkylation sites (tertiary alicyclic amines) is 1. The molecule has 1 fully saturated rings. The topological polar surface area (TPSA) is 86.3 Å². The smallest absolute Gasteiger partial charge is 0.227 e. The van der Waals surface area contributed by atoms with Gasteiger partial charge < -0.3 is 15.4 Å². The van der Waals surface area contributed by atoms with Crippen LogP contribution in [0.1, 0.15) is 12.0 Å². The summed E-state index contributed by atoms with van der Waals surface area (Å²) in [6.07, 6.45) is 6.47. The van der Waals surface area contributed by atoms with Crippen molar-refractivity contribution in [3.63, 3.8) is 0 Å². The van der Waals surface area contributed by atoms with Crippen LogP contribution in [-0.4, -0.2) is 51.4 Å². The van der Waals surface area contributed by atoms with E-state index in [1.54, 1.807) is 30.3 Å². The zero-order chi connectivity index (χ0) is 16.2. The second-order valence-corrected chi connectivity index (χ2v) is 5.79. The number of methoxy groups -OCH3 is 1. The van der Waals surface area contributed by atoms with Crippen LogP contribution in [0.4, 0.5) is 5.82 Å². The Balaban J connectivity index is 1.70. The Bertz CT molecular complexity index is 658. The monoisotopic (exact) mass is 315 g/mol. The summed E-state index contributed by atoms with van der Waals surface area (Å²) in [5, 5.41) is 4.21. The Kier molecular flexibility index (Phi) is 4.57. The number of nitrogens with zero attached hydrogens (tertiary/aromatic N) is 4. The predicted molar refractivity (Wildman–Crippen MR) is 85.5 cm³/mol. The molecule has 1 aliphatic rings. The van der Waals surface area contributed by atoms with Gasteiger partial charge in [0.15, 0.2) is 0 Å². The van der Waals surface area contributed by atoms with Gasteiger partial charge in [0, 0.05) is 32.2 Å². The van der Waals surface area contributed by atoms with E-state index in [0.29, 0.717) is 25.3 Å². The maximum absolute atomic E-state index is 12.7. The van der Waals surface area contributed by atoms with Crippen molar-refractivity contribution >= 4 is 11.7 Å². The van der Waals surface area contributed by atoms with Crippen LogP contribution in [0.2, 0.25) is 0 Å². The number of carbonyl (C=O) groups excluding carboxylic acids is 1. The van der Waals surface area contributed by atoms with E-state index in [4.69, 9.17) is 10.5 Å². The minimum absolute atomic E-state index is 0.0587. The first-order valence-electron chi connectivity index (χ1n) is 7.66. The van der Waals surface area contributed by atoms with Crippen LogP contribution in [0.25, 0.3) is 0 Å². The van der Waals surface area contributed by atoms with Crippen molar-refractivity contribution in [2.75, 3.05) is 19.4 Å². The van der Waals surface area contributed by atoms with E-state index in [9.17, 15) is 4.79 Å². The molecule has 3 heterocycles. The van der Waals surface area contributed by atoms with Crippen LogP contribution < -0.4 is 5.73 Å². The lowest BCUT2D eigenvalue weighted by Crippen LogP contribution is -2.39. The number of ether oxygens (including phenoxy) is 1. The van der Waals surface area contributed by atoms with Crippen LogP contribution in [0.5, 0.6) is 0 Å². The molecule has 0 aliphatic carbocycles. The number of anilines is 1. The standard InChI is InChI=1S/C16H21N5O2/c1-23-14-8-13(10-20-6-4-15(17)19-20)21(11-14)16(22)7-12-3-2-5-18-9-12/h2-6,9,13-14H,7-8,10-11H2,1H3,(H2,17,19)/t13-,14+/m0/s1. The molecule has 2 aromatic heterocycles. The van der Waals surface area contributed by atoms with E-state index >= 15 is 0 Å². The van der Waals surface area contributed by atoms with Gasteiger partial charge in [0.25, 0.3) is 0 Å². The van der Waals surface area contributed by atoms with Gasteiger partial charge in [-0.25, -0.2) is 0 Å². The van der Waals surface area contributed by atoms with E-state index in [2.05, 4.69) is 10.1 Å². The molecule has 2 aromatic rings. The third kappa shape index (κ3) is 3.68. The van der Waals surface area contributed by atoms with Gasteiger partial charge in [0.2, 0.25) is 5.91 Å². The third-order valence-electron chi connectivity index (χ3n) is 4.17. The van der Waals surface area contributed by atoms with Gasteiger partial charge in [-0.3, -0.25) is 14.5 Å². The first-order valence-corrected chi connectivity index (χ1v) is 7.66. The molecule has 23 heavy (non-hydrogen) atoms. The van der Waals surface area contributed by atoms with E-state index in [1.807, 2.05) is 23.2 Å². The minimum atomic E-state index is 0.0587. The molecular formula is C16H21N5O2. The highest BCUT2D eigenvalue weighted by Gasteiger charge is 2.35. The Morgan fingerprint density at radius 3 is 3.00 bits per heavy atom. The van der Waals surface area contributed by atoms with Crippen LogP contribution >= 0.6 is 0 Å². The van der Waals surface area contributed by atoms with E-state index < -0.39 is 0 Å². The highest BCUT2D eigenvalue weighted by Crippen LogP contribution is 2.22. The lowest BCUT2D eigenvalue weighted by molar-refractivity contribution is -0.131. The second kappa shape index (κ2) is 6.78. The van der Waals surface area contributed by atoms with E-state index in [-0.39, 0.29) is 18.1 Å². The molecule has 0 aromatic carbocycles. The Labute approximate surface area is 135 Å². The van der Waals surface area contributed by atoms with Crippen molar-refractivity contribution < 1.29 is 9.53 Å². The average molecular weight is 315 g/mol. The summed E-state index contributed by atoms with van der Waals surface area (Å²) in [4.78, 5) is 18.6. The molecule has 0 radical (unpaired) electrons. The molecule has 7 nitrogen and oxygen atoms in total. The largest absolute Gasteiger partial charge is 0.382 e. The minimum Gasteiger partial charge on any atom is -0.382 e. The van der Waals surface area contributed by atoms with Crippen LogP contribution in [0.15, 0.2) is 36.8 Å². The molecule has 1 amide bonds. The fraction of sp³-hybridized carbons (Fsp3) is 0.438. The van der Waals surface area contributed by atoms with Crippen molar-refractivity contribution in [3.8, 4) is 0 Å². The molecular weight excluding hydrogens is 294 g/mol. The summed E-state index contributed by atoms with van der Waals surface area (Å²) in [5.41, 5.74) is 6.58. The highest BCUT2D eigenvalue weighted by molar-refractivity contribution is 5.79. The summed E-state index contributed by atoms with van der Waals surface area (Å²) < 4.78 is 7.23. The quantitative estimate of drug-likeness (QED) is 0.878. The third-order valence-corrected chi connectivity index (χ3v) is 4.17. The summed E-state index contributed by atoms with van der Waals surface area (Å²) in [6.45, 7) is 1.23. The fourth-order valence-electron chi connectivity index (χ4n) is 3.00. The number of aromatic nitrogens is 3. The Morgan fingerprint density at radius 1 is 1.48 bits per heavy atom. The van der Waals surface area contributed by atoms with Gasteiger partial charge >= 0.3 is 0 Å². The molecule has 1 saturated heterocycles. The number of rotatable bonds is 5. The maximum atomic E-state index is 12.7. The number of nitrogen functional groups attached to an aromatic ring is 1. The zero-order valence-electron chi connectivity index (χ0n) is 13.1. The SMILES string of the molecule is CO[C@@H]1C[C@@H](Cn2ccc(N)n2)N(C(=O)Cc2cccnc2)C1. The van der Waals surface area contributed by atoms with Gasteiger partial charge in [-0.15, -0.1) is 0 Å². The van der Waals surface area contributed by atoms with Crippen molar-refractivity contribution in [2.45, 2.75) is 31.5 Å². The van der Waals surface area contributed by atoms with Crippen molar-refractivity contribution in [3.05, 3.63) is 42.4 Å². The van der Waals surface area contributed by atoms with Crippen molar-refractivity contribution in [1.29, 1.82) is 0 Å². The first-order chi connectivity index (χ1) is 11.2. The molecule has 0 saturated carbocycles. The Hall–Kier alpha value is -2.41. The van der Waals surface area contributed by atoms with E-state index in [0.717, 1.165) is 12.0 Å². The van der Waals surface area contributed by atoms with Crippen LogP contribution in [0, 0.1) is 0 Å². The molecule has 7 heteroatoms. The van der Waals surface area contributed by atoms with Gasteiger partial charge in [-0.2, -0.15) is 5.10 Å². The zero-order valence-corrected chi connectivity index (χ0v) is 13.1. The number of nitrogens with two attached hydrogens (primary N) is 1. The van der Waals surface area contributed by atoms with Gasteiger partial charge in [-0.05, 0) is 24.1 Å². The molecule has 0 bridgehead atoms. The molecule has 2 atom stereocenters. The molecule has 1 aliphatic heterocycles. The number of pyridine rings is 1. The fourth-order valence-corrected chi connectivity index (χ4v) is 3.00. The lowest BCUT2D eigenvalue weighted by Gasteiger charge is -2.24. The molecule has 3 rings (SSSR count). The maximum Gasteiger partial charge on any atom is 0.227 e. The van der Waals surface area contributed by atoms with Crippen LogP contribution in [-0.2, 0) is 22.5 Å². The number of amides is 1. The Morgan fingerprint density at radius 2 is 2.35 bits per heavy atom. The number of carbonyl (C=O) groups is 1. The second-order valence-electron chi connectivity index (χ2n) is 5.79. The number of hydrogen-bond donors (Lipinski definition) is 1. The summed E-state index contributed by atoms with van der Waals surface area (Å²) in [7, 11) is 1.68. The summed E-state index contributed by atoms with van der Waals surface area (Å²) in [6, 6.07) is 5.57. The average Bonchev–Trinajstić information content (AvgIpc) is 3.15. The normalized spacial score (nSPS) is 20.8. The molecule has 2 N–H and O–H groups in total. The van der Waals surface area contributed by atoms with Crippen molar-refractivity contribution in [1.82, 2.24) is 19.7 Å². The van der Waals surface area contributed by atoms with Crippen LogP contribution in [0.3, 0.4) is 0 Å². The van der Waals surface area contributed by atoms with Crippen molar-refractivity contribution in [2.24, 2.45) is 0 Å². The predicted octanol–water partition coefficient (Wildman–Crippen LogP) is 0.719. The van der Waals surface area contributed by atoms with Gasteiger partial charge in [0.1, 0.15) is 5.82 Å². The van der Waals surface area contributed by atoms with Gasteiger partial charge in [-0.1, -0.05) is 6.07 Å². The number of hydrogen-bond acceptors (Lipinski definition) is 5. The molecule has 0 spiro atoms. The molecule has 122 valence electrons. The summed E-state index contributed by atoms with van der Waals surface area (Å²) in [5.74, 6) is 0.571. The molecule has 0 unspecified atom stereocenters. The first kappa shape index (κ1) is 15.5. The highest BCUT2D eigenvalue weighted by atomic mass is 16.5. The van der Waals surface area contributed by atoms with E-state index in [1.165, 1.54) is 0 Å². The lowest BCUT2D eigenvalue weighted by atomic mass is 10.1. The summed E-state index contributed by atoms with van der Waals surface area (Å²) >= 11 is 0.